The monoisotopic (exact) mass is 490 g/mol. The lowest BCUT2D eigenvalue weighted by atomic mass is 9.74. The van der Waals surface area contributed by atoms with Crippen molar-refractivity contribution in [3.05, 3.63) is 89.5 Å². The number of aliphatic hydroxyl groups is 1. The summed E-state index contributed by atoms with van der Waals surface area (Å²) in [6, 6.07) is 24.4. The largest absolute Gasteiger partial charge is 0.395 e. The molecule has 0 bridgehead atoms. The van der Waals surface area contributed by atoms with Gasteiger partial charge in [0.15, 0.2) is 0 Å². The van der Waals surface area contributed by atoms with E-state index >= 15 is 0 Å². The zero-order valence-corrected chi connectivity index (χ0v) is 21.3. The van der Waals surface area contributed by atoms with Crippen molar-refractivity contribution in [3.8, 4) is 11.1 Å². The fourth-order valence-corrected chi connectivity index (χ4v) is 7.56. The van der Waals surface area contributed by atoms with Gasteiger partial charge in [-0.3, -0.25) is 4.90 Å². The van der Waals surface area contributed by atoms with Gasteiger partial charge in [-0.1, -0.05) is 72.3 Å². The summed E-state index contributed by atoms with van der Waals surface area (Å²) in [5.74, 6) is 0.0965. The second kappa shape index (κ2) is 9.86. The molecule has 2 saturated heterocycles. The van der Waals surface area contributed by atoms with E-state index in [-0.39, 0.29) is 24.6 Å². The van der Waals surface area contributed by atoms with Crippen LogP contribution in [-0.2, 0) is 10.0 Å². The van der Waals surface area contributed by atoms with Crippen molar-refractivity contribution in [2.75, 3.05) is 26.2 Å². The van der Waals surface area contributed by atoms with E-state index in [1.807, 2.05) is 19.1 Å². The smallest absolute Gasteiger partial charge is 0.243 e. The topological polar surface area (TPSA) is 60.9 Å². The summed E-state index contributed by atoms with van der Waals surface area (Å²) in [6.45, 7) is 5.89. The zero-order valence-electron chi connectivity index (χ0n) is 20.5. The molecule has 3 aromatic rings. The number of fused-ring (bicyclic) bond motifs is 1. The van der Waals surface area contributed by atoms with E-state index in [0.717, 1.165) is 36.1 Å². The summed E-state index contributed by atoms with van der Waals surface area (Å²) in [6.07, 6.45) is 1.74. The van der Waals surface area contributed by atoms with Crippen LogP contribution in [0.25, 0.3) is 11.1 Å². The number of hydrogen-bond donors (Lipinski definition) is 1. The molecule has 0 aromatic heterocycles. The van der Waals surface area contributed by atoms with Gasteiger partial charge in [0, 0.05) is 31.1 Å². The average Bonchev–Trinajstić information content (AvgIpc) is 2.83. The van der Waals surface area contributed by atoms with Crippen molar-refractivity contribution in [1.82, 2.24) is 9.21 Å². The molecule has 3 atom stereocenters. The maximum absolute atomic E-state index is 13.6. The molecular weight excluding hydrogens is 456 g/mol. The lowest BCUT2D eigenvalue weighted by Gasteiger charge is -2.57. The Morgan fingerprint density at radius 3 is 2.34 bits per heavy atom. The highest BCUT2D eigenvalue weighted by molar-refractivity contribution is 7.89. The molecule has 1 N–H and O–H groups in total. The number of sulfonamides is 1. The third kappa shape index (κ3) is 4.56. The Balaban J connectivity index is 1.43. The summed E-state index contributed by atoms with van der Waals surface area (Å²) in [7, 11) is -3.59. The molecule has 2 fully saturated rings. The van der Waals surface area contributed by atoms with Crippen LogP contribution < -0.4 is 0 Å². The van der Waals surface area contributed by atoms with Gasteiger partial charge in [-0.2, -0.15) is 4.31 Å². The van der Waals surface area contributed by atoms with Crippen molar-refractivity contribution in [2.24, 2.45) is 0 Å². The normalized spacial score (nSPS) is 23.7. The fraction of sp³-hybridized carbons (Fsp3) is 0.379. The molecule has 5 rings (SSSR count). The maximum atomic E-state index is 13.6. The van der Waals surface area contributed by atoms with Crippen LogP contribution in [0.1, 0.15) is 35.4 Å². The number of rotatable bonds is 5. The molecule has 0 amide bonds. The Hall–Kier alpha value is -2.51. The van der Waals surface area contributed by atoms with Crippen molar-refractivity contribution in [3.63, 3.8) is 0 Å². The molecule has 0 saturated carbocycles. The first-order valence-electron chi connectivity index (χ1n) is 12.5. The van der Waals surface area contributed by atoms with E-state index < -0.39 is 10.0 Å². The average molecular weight is 491 g/mol. The highest BCUT2D eigenvalue weighted by atomic mass is 32.2. The highest BCUT2D eigenvalue weighted by Crippen LogP contribution is 2.43. The summed E-state index contributed by atoms with van der Waals surface area (Å²) < 4.78 is 28.9. The summed E-state index contributed by atoms with van der Waals surface area (Å²) in [5, 5.41) is 10.2. The van der Waals surface area contributed by atoms with Crippen LogP contribution in [0.4, 0.5) is 0 Å². The van der Waals surface area contributed by atoms with Gasteiger partial charge in [0.05, 0.1) is 11.5 Å². The standard InChI is InChI=1S/C29H34N2O3S/c1-21-8-7-10-25(18-21)23-12-14-24(15-13-23)29-26-19-30(16-5-6-17-31(26)27(29)20-32)35(33,34)28-11-4-3-9-22(28)2/h3-4,7-15,18,26-27,29,32H,5-6,16-17,19-20H2,1-2H3/t26-,27+,29?/m0/s1. The third-order valence-electron chi connectivity index (χ3n) is 7.69. The van der Waals surface area contributed by atoms with Crippen LogP contribution in [-0.4, -0.2) is 61.1 Å². The second-order valence-corrected chi connectivity index (χ2v) is 11.8. The van der Waals surface area contributed by atoms with Crippen LogP contribution in [0.5, 0.6) is 0 Å². The SMILES string of the molecule is Cc1cccc(-c2ccc(C3[C@@H](CO)N4CCCCN(S(=O)(=O)c5ccccc5C)C[C@@H]34)cc2)c1. The van der Waals surface area contributed by atoms with Crippen LogP contribution in [0, 0.1) is 13.8 Å². The molecule has 5 nitrogen and oxygen atoms in total. The molecule has 2 aliphatic heterocycles. The molecule has 6 heteroatoms. The molecule has 3 aromatic carbocycles. The van der Waals surface area contributed by atoms with Gasteiger partial charge in [-0.25, -0.2) is 8.42 Å². The minimum atomic E-state index is -3.59. The summed E-state index contributed by atoms with van der Waals surface area (Å²) >= 11 is 0. The number of aliphatic hydroxyl groups excluding tert-OH is 1. The van der Waals surface area contributed by atoms with Crippen molar-refractivity contribution in [1.29, 1.82) is 0 Å². The van der Waals surface area contributed by atoms with Crippen LogP contribution in [0.2, 0.25) is 0 Å². The van der Waals surface area contributed by atoms with Gasteiger partial charge in [0.25, 0.3) is 0 Å². The Bertz CT molecular complexity index is 1290. The Kier molecular flexibility index (Phi) is 6.82. The van der Waals surface area contributed by atoms with Gasteiger partial charge < -0.3 is 5.11 Å². The minimum absolute atomic E-state index is 0.0194. The van der Waals surface area contributed by atoms with E-state index in [0.29, 0.717) is 18.0 Å². The number of aryl methyl sites for hydroxylation is 2. The number of nitrogens with zero attached hydrogens (tertiary/aromatic N) is 2. The lowest BCUT2D eigenvalue weighted by molar-refractivity contribution is -0.0553. The minimum Gasteiger partial charge on any atom is -0.395 e. The molecular formula is C29H34N2O3S. The van der Waals surface area contributed by atoms with Crippen molar-refractivity contribution < 1.29 is 13.5 Å². The Morgan fingerprint density at radius 1 is 0.886 bits per heavy atom. The van der Waals surface area contributed by atoms with Gasteiger partial charge in [0.1, 0.15) is 0 Å². The molecule has 0 spiro atoms. The predicted octanol–water partition coefficient (Wildman–Crippen LogP) is 4.58. The highest BCUT2D eigenvalue weighted by Gasteiger charge is 2.50. The molecule has 2 aliphatic rings. The molecule has 0 radical (unpaired) electrons. The summed E-state index contributed by atoms with van der Waals surface area (Å²) in [5.41, 5.74) is 5.51. The maximum Gasteiger partial charge on any atom is 0.243 e. The van der Waals surface area contributed by atoms with Crippen molar-refractivity contribution in [2.45, 2.75) is 49.6 Å². The Labute approximate surface area is 209 Å². The fourth-order valence-electron chi connectivity index (χ4n) is 5.83. The van der Waals surface area contributed by atoms with Crippen LogP contribution in [0.15, 0.2) is 77.7 Å². The second-order valence-electron chi connectivity index (χ2n) is 9.91. The van der Waals surface area contributed by atoms with E-state index in [4.69, 9.17) is 0 Å². The van der Waals surface area contributed by atoms with Crippen molar-refractivity contribution >= 4 is 10.0 Å². The van der Waals surface area contributed by atoms with E-state index in [9.17, 15) is 13.5 Å². The quantitative estimate of drug-likeness (QED) is 0.569. The molecule has 1 unspecified atom stereocenters. The first kappa shape index (κ1) is 24.2. The zero-order chi connectivity index (χ0) is 24.6. The van der Waals surface area contributed by atoms with E-state index in [2.05, 4.69) is 60.4 Å². The van der Waals surface area contributed by atoms with E-state index in [1.165, 1.54) is 11.1 Å². The first-order valence-corrected chi connectivity index (χ1v) is 13.9. The van der Waals surface area contributed by atoms with E-state index in [1.54, 1.807) is 16.4 Å². The number of hydrogen-bond acceptors (Lipinski definition) is 4. The van der Waals surface area contributed by atoms with Gasteiger partial charge in [0.2, 0.25) is 10.0 Å². The van der Waals surface area contributed by atoms with Gasteiger partial charge in [-0.05, 0) is 61.6 Å². The first-order chi connectivity index (χ1) is 16.9. The van der Waals surface area contributed by atoms with Gasteiger partial charge >= 0.3 is 0 Å². The predicted molar refractivity (Wildman–Crippen MR) is 140 cm³/mol. The third-order valence-corrected chi connectivity index (χ3v) is 9.72. The number of benzene rings is 3. The summed E-state index contributed by atoms with van der Waals surface area (Å²) in [4.78, 5) is 2.71. The lowest BCUT2D eigenvalue weighted by Crippen LogP contribution is -2.67. The molecule has 184 valence electrons. The molecule has 0 aliphatic carbocycles. The Morgan fingerprint density at radius 2 is 1.63 bits per heavy atom. The molecule has 35 heavy (non-hydrogen) atoms. The van der Waals surface area contributed by atoms with Crippen LogP contribution >= 0.6 is 0 Å². The molecule has 2 heterocycles. The van der Waals surface area contributed by atoms with Crippen LogP contribution in [0.3, 0.4) is 0 Å². The van der Waals surface area contributed by atoms with Gasteiger partial charge in [-0.15, -0.1) is 0 Å².